The predicted octanol–water partition coefficient (Wildman–Crippen LogP) is 3.69. The minimum absolute atomic E-state index is 0.0274. The molecule has 0 radical (unpaired) electrons. The third kappa shape index (κ3) is 3.42. The van der Waals surface area contributed by atoms with Gasteiger partial charge in [-0.15, -0.1) is 11.3 Å². The Morgan fingerprint density at radius 1 is 1.38 bits per heavy atom. The van der Waals surface area contributed by atoms with E-state index >= 15 is 0 Å². The molecule has 0 fully saturated rings. The van der Waals surface area contributed by atoms with Crippen molar-refractivity contribution in [1.82, 2.24) is 9.88 Å². The van der Waals surface area contributed by atoms with Gasteiger partial charge in [0, 0.05) is 24.0 Å². The van der Waals surface area contributed by atoms with Gasteiger partial charge in [-0.05, 0) is 37.6 Å². The average molecular weight is 304 g/mol. The van der Waals surface area contributed by atoms with Crippen molar-refractivity contribution in [2.75, 3.05) is 14.2 Å². The number of nitrogens with zero attached hydrogens (tertiary/aromatic N) is 2. The maximum atomic E-state index is 12.3. The van der Waals surface area contributed by atoms with Gasteiger partial charge in [0.2, 0.25) is 0 Å². The number of thiazole rings is 1. The molecule has 0 aliphatic heterocycles. The molecule has 0 aliphatic carbocycles. The van der Waals surface area contributed by atoms with Crippen LogP contribution in [0, 0.1) is 0 Å². The molecule has 1 aromatic heterocycles. The molecule has 0 spiro atoms. The first-order valence-corrected chi connectivity index (χ1v) is 7.81. The van der Waals surface area contributed by atoms with E-state index in [1.807, 2.05) is 43.6 Å². The van der Waals surface area contributed by atoms with Crippen LogP contribution in [0.5, 0.6) is 5.75 Å². The standard InChI is InChI=1S/C16H20N2O2S/c1-5-11(2)18(3)16(19)14-10-21-15(17-14)12-6-8-13(20-4)9-7-12/h6-11H,5H2,1-4H3. The lowest BCUT2D eigenvalue weighted by Gasteiger charge is -2.22. The van der Waals surface area contributed by atoms with E-state index in [0.29, 0.717) is 5.69 Å². The number of methoxy groups -OCH3 is 1. The molecular weight excluding hydrogens is 284 g/mol. The van der Waals surface area contributed by atoms with E-state index in [1.165, 1.54) is 11.3 Å². The second-order valence-electron chi connectivity index (χ2n) is 4.94. The van der Waals surface area contributed by atoms with Crippen LogP contribution in [0.1, 0.15) is 30.8 Å². The summed E-state index contributed by atoms with van der Waals surface area (Å²) < 4.78 is 5.14. The smallest absolute Gasteiger partial charge is 0.273 e. The molecule has 0 aliphatic rings. The first-order valence-electron chi connectivity index (χ1n) is 6.94. The van der Waals surface area contributed by atoms with Crippen molar-refractivity contribution in [2.24, 2.45) is 0 Å². The summed E-state index contributed by atoms with van der Waals surface area (Å²) in [4.78, 5) is 18.5. The zero-order chi connectivity index (χ0) is 15.4. The molecule has 112 valence electrons. The second-order valence-corrected chi connectivity index (χ2v) is 5.80. The molecule has 1 unspecified atom stereocenters. The van der Waals surface area contributed by atoms with Gasteiger partial charge in [0.15, 0.2) is 0 Å². The highest BCUT2D eigenvalue weighted by molar-refractivity contribution is 7.13. The fourth-order valence-corrected chi connectivity index (χ4v) is 2.69. The fraction of sp³-hybridized carbons (Fsp3) is 0.375. The lowest BCUT2D eigenvalue weighted by molar-refractivity contribution is 0.0735. The van der Waals surface area contributed by atoms with Gasteiger partial charge in [-0.3, -0.25) is 4.79 Å². The van der Waals surface area contributed by atoms with Crippen LogP contribution in [0.4, 0.5) is 0 Å². The molecule has 1 heterocycles. The normalized spacial score (nSPS) is 12.0. The van der Waals surface area contributed by atoms with Crippen LogP contribution in [-0.2, 0) is 0 Å². The lowest BCUT2D eigenvalue weighted by atomic mass is 10.2. The van der Waals surface area contributed by atoms with E-state index in [4.69, 9.17) is 4.74 Å². The van der Waals surface area contributed by atoms with Gasteiger partial charge in [-0.2, -0.15) is 0 Å². The Bertz CT molecular complexity index is 607. The Morgan fingerprint density at radius 2 is 2.05 bits per heavy atom. The highest BCUT2D eigenvalue weighted by Gasteiger charge is 2.19. The zero-order valence-electron chi connectivity index (χ0n) is 12.8. The number of rotatable bonds is 5. The number of benzene rings is 1. The number of amides is 1. The first-order chi connectivity index (χ1) is 10.1. The quantitative estimate of drug-likeness (QED) is 0.846. The van der Waals surface area contributed by atoms with Gasteiger partial charge in [-0.1, -0.05) is 6.92 Å². The van der Waals surface area contributed by atoms with Crippen molar-refractivity contribution >= 4 is 17.2 Å². The summed E-state index contributed by atoms with van der Waals surface area (Å²) in [7, 11) is 3.46. The van der Waals surface area contributed by atoms with Crippen LogP contribution < -0.4 is 4.74 Å². The Morgan fingerprint density at radius 3 is 2.62 bits per heavy atom. The van der Waals surface area contributed by atoms with E-state index in [9.17, 15) is 4.79 Å². The van der Waals surface area contributed by atoms with Gasteiger partial charge < -0.3 is 9.64 Å². The van der Waals surface area contributed by atoms with E-state index in [1.54, 1.807) is 12.0 Å². The van der Waals surface area contributed by atoms with E-state index in [2.05, 4.69) is 11.9 Å². The molecule has 0 saturated carbocycles. The number of hydrogen-bond acceptors (Lipinski definition) is 4. The van der Waals surface area contributed by atoms with Gasteiger partial charge >= 0.3 is 0 Å². The summed E-state index contributed by atoms with van der Waals surface area (Å²) in [5.74, 6) is 0.781. The third-order valence-electron chi connectivity index (χ3n) is 3.63. The van der Waals surface area contributed by atoms with Crippen molar-refractivity contribution in [3.8, 4) is 16.3 Å². The van der Waals surface area contributed by atoms with E-state index in [0.717, 1.165) is 22.7 Å². The van der Waals surface area contributed by atoms with Crippen LogP contribution in [0.2, 0.25) is 0 Å². The molecule has 2 rings (SSSR count). The van der Waals surface area contributed by atoms with Gasteiger partial charge in [0.1, 0.15) is 16.5 Å². The molecule has 1 amide bonds. The van der Waals surface area contributed by atoms with Crippen LogP contribution in [0.15, 0.2) is 29.6 Å². The summed E-state index contributed by atoms with van der Waals surface area (Å²) in [5, 5.41) is 2.67. The highest BCUT2D eigenvalue weighted by Crippen LogP contribution is 2.26. The molecule has 1 atom stereocenters. The van der Waals surface area contributed by atoms with Crippen LogP contribution >= 0.6 is 11.3 Å². The van der Waals surface area contributed by atoms with E-state index in [-0.39, 0.29) is 11.9 Å². The zero-order valence-corrected chi connectivity index (χ0v) is 13.6. The topological polar surface area (TPSA) is 42.4 Å². The van der Waals surface area contributed by atoms with Crippen molar-refractivity contribution in [3.63, 3.8) is 0 Å². The largest absolute Gasteiger partial charge is 0.497 e. The second kappa shape index (κ2) is 6.72. The van der Waals surface area contributed by atoms with Crippen LogP contribution in [0.25, 0.3) is 10.6 Å². The summed E-state index contributed by atoms with van der Waals surface area (Å²) in [6.07, 6.45) is 0.928. The lowest BCUT2D eigenvalue weighted by Crippen LogP contribution is -2.34. The summed E-state index contributed by atoms with van der Waals surface area (Å²) in [5.41, 5.74) is 1.50. The summed E-state index contributed by atoms with van der Waals surface area (Å²) in [6, 6.07) is 7.89. The number of carbonyl (C=O) groups excluding carboxylic acids is 1. The van der Waals surface area contributed by atoms with Gasteiger partial charge in [-0.25, -0.2) is 4.98 Å². The molecule has 2 aromatic rings. The molecule has 4 nitrogen and oxygen atoms in total. The Balaban J connectivity index is 2.19. The number of carbonyl (C=O) groups is 1. The first kappa shape index (κ1) is 15.5. The summed E-state index contributed by atoms with van der Waals surface area (Å²) >= 11 is 1.48. The van der Waals surface area contributed by atoms with Crippen molar-refractivity contribution in [1.29, 1.82) is 0 Å². The average Bonchev–Trinajstić information content (AvgIpc) is 3.02. The van der Waals surface area contributed by atoms with Crippen molar-refractivity contribution in [3.05, 3.63) is 35.3 Å². The van der Waals surface area contributed by atoms with Gasteiger partial charge in [0.25, 0.3) is 5.91 Å². The Labute approximate surface area is 129 Å². The van der Waals surface area contributed by atoms with Crippen molar-refractivity contribution < 1.29 is 9.53 Å². The van der Waals surface area contributed by atoms with E-state index < -0.39 is 0 Å². The Hall–Kier alpha value is -1.88. The number of ether oxygens (including phenoxy) is 1. The molecular formula is C16H20N2O2S. The van der Waals surface area contributed by atoms with Gasteiger partial charge in [0.05, 0.1) is 7.11 Å². The molecule has 0 saturated heterocycles. The Kier molecular flexibility index (Phi) is 4.96. The summed E-state index contributed by atoms with van der Waals surface area (Å²) in [6.45, 7) is 4.10. The third-order valence-corrected chi connectivity index (χ3v) is 4.52. The maximum absolute atomic E-state index is 12.3. The van der Waals surface area contributed by atoms with Crippen molar-refractivity contribution in [2.45, 2.75) is 26.3 Å². The fourth-order valence-electron chi connectivity index (χ4n) is 1.89. The molecule has 0 N–H and O–H groups in total. The highest BCUT2D eigenvalue weighted by atomic mass is 32.1. The number of hydrogen-bond donors (Lipinski definition) is 0. The molecule has 1 aromatic carbocycles. The molecule has 21 heavy (non-hydrogen) atoms. The SMILES string of the molecule is CCC(C)N(C)C(=O)c1csc(-c2ccc(OC)cc2)n1. The monoisotopic (exact) mass is 304 g/mol. The maximum Gasteiger partial charge on any atom is 0.273 e. The predicted molar refractivity (Wildman–Crippen MR) is 85.9 cm³/mol. The number of aromatic nitrogens is 1. The molecule has 0 bridgehead atoms. The molecule has 5 heteroatoms. The van der Waals surface area contributed by atoms with Crippen LogP contribution in [-0.4, -0.2) is 36.0 Å². The minimum Gasteiger partial charge on any atom is -0.497 e. The minimum atomic E-state index is -0.0274. The van der Waals surface area contributed by atoms with Crippen LogP contribution in [0.3, 0.4) is 0 Å².